The Kier molecular flexibility index (Phi) is 7.13. The van der Waals surface area contributed by atoms with Crippen LogP contribution >= 0.6 is 0 Å². The summed E-state index contributed by atoms with van der Waals surface area (Å²) in [5.41, 5.74) is 6.65. The minimum absolute atomic E-state index is 0.235. The average Bonchev–Trinajstić information content (AvgIpc) is 3.27. The number of aryl methyl sites for hydroxylation is 3. The Hall–Kier alpha value is -4.21. The van der Waals surface area contributed by atoms with Crippen LogP contribution < -0.4 is 4.31 Å². The molecule has 0 aliphatic heterocycles. The molecule has 0 saturated heterocycles. The molecule has 0 N–H and O–H groups in total. The van der Waals surface area contributed by atoms with Crippen LogP contribution in [0.2, 0.25) is 0 Å². The number of carbonyl (C=O) groups excluding carboxylic acids is 1. The zero-order valence-corrected chi connectivity index (χ0v) is 22.1. The third kappa shape index (κ3) is 4.85. The van der Waals surface area contributed by atoms with Crippen LogP contribution in [0.1, 0.15) is 39.9 Å². The van der Waals surface area contributed by atoms with Crippen molar-refractivity contribution in [3.63, 3.8) is 0 Å². The van der Waals surface area contributed by atoms with E-state index >= 15 is 0 Å². The molecular formula is C29H26N5O3S-. The van der Waals surface area contributed by atoms with Crippen LogP contribution in [-0.2, 0) is 24.2 Å². The van der Waals surface area contributed by atoms with Crippen LogP contribution in [0.25, 0.3) is 22.3 Å². The number of imidazole rings is 1. The van der Waals surface area contributed by atoms with Crippen molar-refractivity contribution in [3.05, 3.63) is 107 Å². The van der Waals surface area contributed by atoms with Crippen molar-refractivity contribution in [3.8, 4) is 11.1 Å². The Bertz CT molecular complexity index is 1650. The van der Waals surface area contributed by atoms with Crippen molar-refractivity contribution in [2.75, 3.05) is 4.31 Å². The van der Waals surface area contributed by atoms with Crippen molar-refractivity contribution in [2.45, 2.75) is 33.7 Å². The van der Waals surface area contributed by atoms with Gasteiger partial charge in [0.15, 0.2) is 5.65 Å². The Balaban J connectivity index is 1.49. The fourth-order valence-corrected chi connectivity index (χ4v) is 5.16. The van der Waals surface area contributed by atoms with Gasteiger partial charge in [-0.3, -0.25) is 14.0 Å². The molecule has 8 nitrogen and oxygen atoms in total. The molecule has 2 aromatic carbocycles. The van der Waals surface area contributed by atoms with Crippen LogP contribution in [-0.4, -0.2) is 34.2 Å². The highest BCUT2D eigenvalue weighted by atomic mass is 32.2. The number of rotatable bonds is 7. The molecule has 0 radical (unpaired) electrons. The van der Waals surface area contributed by atoms with Gasteiger partial charge >= 0.3 is 0 Å². The van der Waals surface area contributed by atoms with Gasteiger partial charge in [-0.2, -0.15) is 0 Å². The summed E-state index contributed by atoms with van der Waals surface area (Å²) >= 11 is -2.83. The smallest absolute Gasteiger partial charge is 0.269 e. The molecule has 9 heteroatoms. The maximum Gasteiger partial charge on any atom is 0.269 e. The van der Waals surface area contributed by atoms with Crippen LogP contribution in [0.15, 0.2) is 79.1 Å². The molecular weight excluding hydrogens is 498 g/mol. The van der Waals surface area contributed by atoms with Crippen molar-refractivity contribution in [1.82, 2.24) is 19.5 Å². The van der Waals surface area contributed by atoms with E-state index in [9.17, 15) is 13.6 Å². The third-order valence-electron chi connectivity index (χ3n) is 6.39. The average molecular weight is 525 g/mol. The van der Waals surface area contributed by atoms with Gasteiger partial charge in [-0.15, -0.1) is 0 Å². The lowest BCUT2D eigenvalue weighted by Gasteiger charge is -2.26. The molecule has 0 aliphatic rings. The molecule has 3 aromatic heterocycles. The quantitative estimate of drug-likeness (QED) is 0.272. The molecule has 0 saturated carbocycles. The van der Waals surface area contributed by atoms with E-state index in [1.807, 2.05) is 37.3 Å². The number of amides is 1. The number of aromatic nitrogens is 4. The molecule has 0 spiro atoms. The number of carbonyl (C=O) groups is 1. The summed E-state index contributed by atoms with van der Waals surface area (Å²) in [5, 5.41) is 0. The van der Waals surface area contributed by atoms with E-state index in [-0.39, 0.29) is 11.3 Å². The largest absolute Gasteiger partial charge is 0.755 e. The number of fused-ring (bicyclic) bond motifs is 1. The first-order valence-electron chi connectivity index (χ1n) is 12.2. The van der Waals surface area contributed by atoms with Crippen LogP contribution in [0.4, 0.5) is 5.69 Å². The van der Waals surface area contributed by atoms with E-state index in [0.29, 0.717) is 12.1 Å². The van der Waals surface area contributed by atoms with E-state index in [4.69, 9.17) is 9.97 Å². The lowest BCUT2D eigenvalue weighted by Crippen LogP contribution is -2.33. The highest BCUT2D eigenvalue weighted by molar-refractivity contribution is 7.81. The third-order valence-corrected chi connectivity index (χ3v) is 7.05. The number of hydrogen-bond acceptors (Lipinski definition) is 6. The maximum atomic E-state index is 13.1. The molecule has 0 bridgehead atoms. The van der Waals surface area contributed by atoms with E-state index in [1.54, 1.807) is 36.5 Å². The summed E-state index contributed by atoms with van der Waals surface area (Å²) in [6.07, 6.45) is 3.82. The SMILES string of the molecule is CCc1nc2c(C)cc(C)nc2n1Cc1ccc(-c2cnccc2N(C(=O)c2ccccc2)S(=O)[O-])cc1. The lowest BCUT2D eigenvalue weighted by atomic mass is 10.0. The van der Waals surface area contributed by atoms with Crippen LogP contribution in [0.3, 0.4) is 0 Å². The van der Waals surface area contributed by atoms with Gasteiger partial charge in [-0.1, -0.05) is 49.4 Å². The second-order valence-corrected chi connectivity index (χ2v) is 9.79. The molecule has 38 heavy (non-hydrogen) atoms. The minimum atomic E-state index is -2.83. The molecule has 5 aromatic rings. The standard InChI is InChI=1S/C29H27N5O3S/c1-4-26-32-27-19(2)16-20(3)31-28(27)33(26)18-21-10-12-22(13-11-21)24-17-30-15-14-25(24)34(38(36)37)29(35)23-8-6-5-7-9-23/h5-17H,4,18H2,1-3H3,(H,36,37)/p-1. The number of hydrogen-bond donors (Lipinski definition) is 0. The summed E-state index contributed by atoms with van der Waals surface area (Å²) in [5.74, 6) is 0.327. The number of benzene rings is 2. The molecule has 5 rings (SSSR count). The van der Waals surface area contributed by atoms with Gasteiger partial charge < -0.3 is 9.12 Å². The lowest BCUT2D eigenvalue weighted by molar-refractivity contribution is 0.100. The predicted octanol–water partition coefficient (Wildman–Crippen LogP) is 5.16. The summed E-state index contributed by atoms with van der Waals surface area (Å²) in [4.78, 5) is 26.9. The molecule has 3 heterocycles. The summed E-state index contributed by atoms with van der Waals surface area (Å²) in [6.45, 7) is 6.71. The number of pyridine rings is 2. The highest BCUT2D eigenvalue weighted by Gasteiger charge is 2.22. The first kappa shape index (κ1) is 25.4. The van der Waals surface area contributed by atoms with Gasteiger partial charge in [0, 0.05) is 35.6 Å². The van der Waals surface area contributed by atoms with Crippen molar-refractivity contribution in [2.24, 2.45) is 0 Å². The van der Waals surface area contributed by atoms with Gasteiger partial charge in [0.2, 0.25) is 0 Å². The Morgan fingerprint density at radius 2 is 1.76 bits per heavy atom. The van der Waals surface area contributed by atoms with Crippen LogP contribution in [0.5, 0.6) is 0 Å². The second-order valence-electron chi connectivity index (χ2n) is 8.99. The van der Waals surface area contributed by atoms with Gasteiger partial charge in [0.1, 0.15) is 11.3 Å². The fourth-order valence-electron chi connectivity index (χ4n) is 4.60. The second kappa shape index (κ2) is 10.6. The molecule has 192 valence electrons. The topological polar surface area (TPSA) is 104 Å². The Labute approximate surface area is 223 Å². The Morgan fingerprint density at radius 3 is 2.45 bits per heavy atom. The summed E-state index contributed by atoms with van der Waals surface area (Å²) < 4.78 is 27.3. The molecule has 1 amide bonds. The highest BCUT2D eigenvalue weighted by Crippen LogP contribution is 2.32. The fraction of sp³-hybridized carbons (Fsp3) is 0.172. The van der Waals surface area contributed by atoms with Gasteiger partial charge in [0.25, 0.3) is 5.91 Å². The van der Waals surface area contributed by atoms with E-state index < -0.39 is 17.2 Å². The molecule has 1 unspecified atom stereocenters. The number of nitrogens with zero attached hydrogens (tertiary/aromatic N) is 5. The maximum absolute atomic E-state index is 13.1. The van der Waals surface area contributed by atoms with E-state index in [1.165, 1.54) is 12.3 Å². The van der Waals surface area contributed by atoms with Crippen molar-refractivity contribution in [1.29, 1.82) is 0 Å². The molecule has 0 aliphatic carbocycles. The summed E-state index contributed by atoms with van der Waals surface area (Å²) in [6, 6.07) is 19.7. The van der Waals surface area contributed by atoms with Gasteiger partial charge in [0.05, 0.1) is 23.5 Å². The van der Waals surface area contributed by atoms with Gasteiger partial charge in [-0.25, -0.2) is 14.3 Å². The van der Waals surface area contributed by atoms with Gasteiger partial charge in [-0.05, 0) is 54.8 Å². The van der Waals surface area contributed by atoms with E-state index in [2.05, 4.69) is 23.4 Å². The first-order valence-corrected chi connectivity index (χ1v) is 13.3. The molecule has 0 fully saturated rings. The van der Waals surface area contributed by atoms with Crippen molar-refractivity contribution >= 4 is 34.0 Å². The minimum Gasteiger partial charge on any atom is -0.755 e. The van der Waals surface area contributed by atoms with Crippen molar-refractivity contribution < 1.29 is 13.6 Å². The van der Waals surface area contributed by atoms with Crippen LogP contribution in [0, 0.1) is 13.8 Å². The normalized spacial score (nSPS) is 12.0. The summed E-state index contributed by atoms with van der Waals surface area (Å²) in [7, 11) is 0. The Morgan fingerprint density at radius 1 is 1.03 bits per heavy atom. The zero-order chi connectivity index (χ0) is 26.8. The molecule has 1 atom stereocenters. The number of anilines is 1. The van der Waals surface area contributed by atoms with E-state index in [0.717, 1.165) is 50.1 Å². The first-order chi connectivity index (χ1) is 18.4. The predicted molar refractivity (Wildman–Crippen MR) is 147 cm³/mol. The zero-order valence-electron chi connectivity index (χ0n) is 21.3. The monoisotopic (exact) mass is 524 g/mol.